The standard InChI is InChI=1S/C24H21F4N3O2/c1-15-5-6-19(30-23(32)16-3-2-4-18(11-16)24(26,27)28)13-20(15)17-12-21(22(25)29-14-17)31-7-9-33-10-8-31/h2-6,11-14H,7-10H2,1H3,(H,30,32). The van der Waals surface area contributed by atoms with Crippen LogP contribution in [0.3, 0.4) is 0 Å². The number of nitrogens with zero attached hydrogens (tertiary/aromatic N) is 2. The molecule has 4 rings (SSSR count). The number of halogens is 4. The number of benzene rings is 2. The summed E-state index contributed by atoms with van der Waals surface area (Å²) in [5.74, 6) is -1.24. The number of rotatable bonds is 4. The first-order valence-corrected chi connectivity index (χ1v) is 10.3. The van der Waals surface area contributed by atoms with Crippen LogP contribution >= 0.6 is 0 Å². The summed E-state index contributed by atoms with van der Waals surface area (Å²) in [6.45, 7) is 3.97. The second kappa shape index (κ2) is 9.19. The van der Waals surface area contributed by atoms with E-state index < -0.39 is 23.6 Å². The fourth-order valence-electron chi connectivity index (χ4n) is 3.66. The van der Waals surface area contributed by atoms with E-state index in [0.717, 1.165) is 23.3 Å². The molecule has 9 heteroatoms. The Morgan fingerprint density at radius 3 is 2.58 bits per heavy atom. The molecule has 0 bridgehead atoms. The highest BCUT2D eigenvalue weighted by Crippen LogP contribution is 2.32. The molecule has 0 saturated carbocycles. The Hall–Kier alpha value is -3.46. The largest absolute Gasteiger partial charge is 0.416 e. The van der Waals surface area contributed by atoms with E-state index in [9.17, 15) is 22.4 Å². The monoisotopic (exact) mass is 459 g/mol. The molecular weight excluding hydrogens is 438 g/mol. The second-order valence-corrected chi connectivity index (χ2v) is 7.70. The third-order valence-electron chi connectivity index (χ3n) is 5.43. The fourth-order valence-corrected chi connectivity index (χ4v) is 3.66. The quantitative estimate of drug-likeness (QED) is 0.425. The van der Waals surface area contributed by atoms with E-state index in [1.54, 1.807) is 24.3 Å². The number of ether oxygens (including phenoxy) is 1. The van der Waals surface area contributed by atoms with Crippen molar-refractivity contribution in [3.05, 3.63) is 77.4 Å². The molecule has 0 radical (unpaired) electrons. The zero-order valence-electron chi connectivity index (χ0n) is 17.7. The number of nitrogens with one attached hydrogen (secondary N) is 1. The molecule has 1 aliphatic rings. The molecule has 172 valence electrons. The number of aromatic nitrogens is 1. The lowest BCUT2D eigenvalue weighted by atomic mass is 10.0. The number of anilines is 2. The van der Waals surface area contributed by atoms with Crippen molar-refractivity contribution in [2.24, 2.45) is 0 Å². The molecule has 5 nitrogen and oxygen atoms in total. The van der Waals surface area contributed by atoms with E-state index in [1.165, 1.54) is 18.3 Å². The van der Waals surface area contributed by atoms with Gasteiger partial charge in [0.15, 0.2) is 0 Å². The van der Waals surface area contributed by atoms with Crippen molar-refractivity contribution in [2.45, 2.75) is 13.1 Å². The van der Waals surface area contributed by atoms with Gasteiger partial charge in [-0.3, -0.25) is 4.79 Å². The van der Waals surface area contributed by atoms with Crippen LogP contribution in [0.15, 0.2) is 54.7 Å². The summed E-state index contributed by atoms with van der Waals surface area (Å²) in [7, 11) is 0. The maximum Gasteiger partial charge on any atom is 0.416 e. The van der Waals surface area contributed by atoms with Gasteiger partial charge in [0.05, 0.1) is 24.5 Å². The Bertz CT molecular complexity index is 1170. The number of carbonyl (C=O) groups excluding carboxylic acids is 1. The number of morpholine rings is 1. The van der Waals surface area contributed by atoms with Crippen molar-refractivity contribution in [3.63, 3.8) is 0 Å². The first kappa shape index (κ1) is 22.7. The van der Waals surface area contributed by atoms with Gasteiger partial charge < -0.3 is 15.0 Å². The average Bonchev–Trinajstić information content (AvgIpc) is 2.81. The summed E-state index contributed by atoms with van der Waals surface area (Å²) in [5, 5.41) is 2.64. The van der Waals surface area contributed by atoms with Gasteiger partial charge in [-0.05, 0) is 54.4 Å². The molecule has 1 saturated heterocycles. The molecule has 0 aliphatic carbocycles. The Morgan fingerprint density at radius 1 is 1.09 bits per heavy atom. The van der Waals surface area contributed by atoms with Crippen molar-refractivity contribution in [1.29, 1.82) is 0 Å². The topological polar surface area (TPSA) is 54.5 Å². The van der Waals surface area contributed by atoms with E-state index in [2.05, 4.69) is 10.3 Å². The lowest BCUT2D eigenvalue weighted by Crippen LogP contribution is -2.36. The van der Waals surface area contributed by atoms with Gasteiger partial charge in [-0.2, -0.15) is 17.6 Å². The van der Waals surface area contributed by atoms with E-state index in [1.807, 2.05) is 11.8 Å². The summed E-state index contributed by atoms with van der Waals surface area (Å²) in [6, 6.07) is 11.1. The molecule has 1 N–H and O–H groups in total. The highest BCUT2D eigenvalue weighted by atomic mass is 19.4. The minimum Gasteiger partial charge on any atom is -0.378 e. The number of pyridine rings is 1. The van der Waals surface area contributed by atoms with Crippen molar-refractivity contribution in [3.8, 4) is 11.1 Å². The van der Waals surface area contributed by atoms with E-state index in [4.69, 9.17) is 4.74 Å². The van der Waals surface area contributed by atoms with Gasteiger partial charge >= 0.3 is 6.18 Å². The smallest absolute Gasteiger partial charge is 0.378 e. The van der Waals surface area contributed by atoms with Gasteiger partial charge in [-0.15, -0.1) is 0 Å². The first-order valence-electron chi connectivity index (χ1n) is 10.3. The molecule has 1 amide bonds. The maximum atomic E-state index is 14.4. The number of hydrogen-bond acceptors (Lipinski definition) is 4. The lowest BCUT2D eigenvalue weighted by molar-refractivity contribution is -0.137. The molecule has 1 aromatic heterocycles. The SMILES string of the molecule is Cc1ccc(NC(=O)c2cccc(C(F)(F)F)c2)cc1-c1cnc(F)c(N2CCOCC2)c1. The number of hydrogen-bond donors (Lipinski definition) is 1. The van der Waals surface area contributed by atoms with E-state index in [-0.39, 0.29) is 5.56 Å². The lowest BCUT2D eigenvalue weighted by Gasteiger charge is -2.29. The number of amides is 1. The Kier molecular flexibility index (Phi) is 6.33. The van der Waals surface area contributed by atoms with E-state index in [0.29, 0.717) is 43.2 Å². The predicted molar refractivity (Wildman–Crippen MR) is 117 cm³/mol. The number of alkyl halides is 3. The van der Waals surface area contributed by atoms with Crippen LogP contribution < -0.4 is 10.2 Å². The number of carbonyl (C=O) groups is 1. The summed E-state index contributed by atoms with van der Waals surface area (Å²) >= 11 is 0. The van der Waals surface area contributed by atoms with Gasteiger partial charge in [0.1, 0.15) is 0 Å². The van der Waals surface area contributed by atoms with Crippen LogP contribution in [-0.4, -0.2) is 37.2 Å². The van der Waals surface area contributed by atoms with Crippen molar-refractivity contribution < 1.29 is 27.1 Å². The molecule has 0 spiro atoms. The third kappa shape index (κ3) is 5.14. The van der Waals surface area contributed by atoms with Crippen LogP contribution in [0.5, 0.6) is 0 Å². The summed E-state index contributed by atoms with van der Waals surface area (Å²) in [5.41, 5.74) is 2.01. The summed E-state index contributed by atoms with van der Waals surface area (Å²) in [6.07, 6.45) is -3.12. The third-order valence-corrected chi connectivity index (χ3v) is 5.43. The molecule has 33 heavy (non-hydrogen) atoms. The highest BCUT2D eigenvalue weighted by Gasteiger charge is 2.31. The van der Waals surface area contributed by atoms with Crippen LogP contribution in [0.2, 0.25) is 0 Å². The Morgan fingerprint density at radius 2 is 1.85 bits per heavy atom. The zero-order chi connectivity index (χ0) is 23.6. The van der Waals surface area contributed by atoms with Gasteiger partial charge in [0.2, 0.25) is 5.95 Å². The van der Waals surface area contributed by atoms with Crippen LogP contribution in [-0.2, 0) is 10.9 Å². The molecule has 0 atom stereocenters. The summed E-state index contributed by atoms with van der Waals surface area (Å²) in [4.78, 5) is 18.3. The van der Waals surface area contributed by atoms with Gasteiger partial charge in [0, 0.05) is 36.1 Å². The molecular formula is C24H21F4N3O2. The first-order chi connectivity index (χ1) is 15.7. The van der Waals surface area contributed by atoms with Gasteiger partial charge in [0.25, 0.3) is 5.91 Å². The van der Waals surface area contributed by atoms with Crippen LogP contribution in [0.25, 0.3) is 11.1 Å². The summed E-state index contributed by atoms with van der Waals surface area (Å²) < 4.78 is 58.6. The van der Waals surface area contributed by atoms with Gasteiger partial charge in [-0.1, -0.05) is 12.1 Å². The van der Waals surface area contributed by atoms with E-state index >= 15 is 0 Å². The second-order valence-electron chi connectivity index (χ2n) is 7.70. The van der Waals surface area contributed by atoms with Crippen molar-refractivity contribution in [1.82, 2.24) is 4.98 Å². The minimum atomic E-state index is -4.54. The fraction of sp³-hybridized carbons (Fsp3) is 0.250. The number of aryl methyl sites for hydroxylation is 1. The molecule has 1 fully saturated rings. The Balaban J connectivity index is 1.61. The highest BCUT2D eigenvalue weighted by molar-refractivity contribution is 6.04. The van der Waals surface area contributed by atoms with Crippen LogP contribution in [0.4, 0.5) is 28.9 Å². The predicted octanol–water partition coefficient (Wildman–Crippen LogP) is 5.30. The van der Waals surface area contributed by atoms with Crippen molar-refractivity contribution in [2.75, 3.05) is 36.5 Å². The average molecular weight is 459 g/mol. The van der Waals surface area contributed by atoms with Gasteiger partial charge in [-0.25, -0.2) is 4.98 Å². The van der Waals surface area contributed by atoms with Crippen LogP contribution in [0, 0.1) is 12.9 Å². The van der Waals surface area contributed by atoms with Crippen LogP contribution in [0.1, 0.15) is 21.5 Å². The molecule has 1 aliphatic heterocycles. The molecule has 2 aromatic carbocycles. The minimum absolute atomic E-state index is 0.106. The zero-order valence-corrected chi connectivity index (χ0v) is 17.7. The molecule has 2 heterocycles. The normalized spacial score (nSPS) is 14.3. The Labute approximate surface area is 188 Å². The maximum absolute atomic E-state index is 14.4. The van der Waals surface area contributed by atoms with Crippen molar-refractivity contribution >= 4 is 17.3 Å². The molecule has 0 unspecified atom stereocenters. The molecule has 3 aromatic rings.